The Morgan fingerprint density at radius 3 is 2.57 bits per heavy atom. The van der Waals surface area contributed by atoms with Gasteiger partial charge in [-0.3, -0.25) is 4.98 Å². The topological polar surface area (TPSA) is 12.9 Å². The first-order valence-electron chi connectivity index (χ1n) is 8.82. The molecule has 0 bridgehead atoms. The first-order chi connectivity index (χ1) is 12.5. The zero-order valence-electron chi connectivity index (χ0n) is 15.0. The molecule has 0 saturated carbocycles. The molecule has 110 valence electrons. The average molecular weight is 334 g/mol. The minimum atomic E-state index is -2.12. The molecule has 0 atom stereocenters. The van der Waals surface area contributed by atoms with E-state index >= 15 is 0 Å². The summed E-state index contributed by atoms with van der Waals surface area (Å²) < 4.78 is 27.6. The van der Waals surface area contributed by atoms with Crippen LogP contribution in [-0.2, 0) is 0 Å². The van der Waals surface area contributed by atoms with Gasteiger partial charge in [-0.2, -0.15) is 0 Å². The number of hydrogen-bond donors (Lipinski definition) is 0. The molecule has 0 N–H and O–H groups in total. The van der Waals surface area contributed by atoms with Crippen molar-refractivity contribution in [1.29, 1.82) is 0 Å². The summed E-state index contributed by atoms with van der Waals surface area (Å²) >= 11 is 3.61. The van der Waals surface area contributed by atoms with Crippen LogP contribution in [0.5, 0.6) is 0 Å². The number of benzene rings is 2. The molecule has 3 heteroatoms. The molecule has 2 aromatic carbocycles. The van der Waals surface area contributed by atoms with E-state index in [4.69, 9.17) is 4.11 Å². The van der Waals surface area contributed by atoms with Gasteiger partial charge in [-0.1, -0.05) is 42.5 Å². The summed E-state index contributed by atoms with van der Waals surface area (Å²) in [4.78, 5) is 4.43. The van der Waals surface area contributed by atoms with Crippen LogP contribution < -0.4 is 0 Å². The molecule has 0 unspecified atom stereocenters. The molecule has 0 radical (unpaired) electrons. The fraction of sp³-hybridized carbons (Fsp3) is 0.0500. The molecule has 0 aliphatic carbocycles. The van der Waals surface area contributed by atoms with Gasteiger partial charge in [-0.15, -0.1) is 22.7 Å². The maximum absolute atomic E-state index is 7.50. The molecule has 1 nitrogen and oxygen atoms in total. The monoisotopic (exact) mass is 334 g/mol. The Labute approximate surface area is 146 Å². The van der Waals surface area contributed by atoms with Crippen molar-refractivity contribution in [1.82, 2.24) is 4.98 Å². The minimum Gasteiger partial charge on any atom is -0.256 e. The predicted molar refractivity (Wildman–Crippen MR) is 103 cm³/mol. The van der Waals surface area contributed by atoms with Crippen molar-refractivity contribution >= 4 is 52.2 Å². The van der Waals surface area contributed by atoms with Crippen molar-refractivity contribution in [3.05, 3.63) is 66.4 Å². The molecule has 0 aliphatic heterocycles. The summed E-state index contributed by atoms with van der Waals surface area (Å²) in [5.41, 5.74) is 2.13. The Kier molecular flexibility index (Phi) is 2.23. The van der Waals surface area contributed by atoms with Gasteiger partial charge in [0, 0.05) is 36.0 Å². The lowest BCUT2D eigenvalue weighted by molar-refractivity contribution is 1.27. The zero-order valence-corrected chi connectivity index (χ0v) is 13.7. The lowest BCUT2D eigenvalue weighted by atomic mass is 10.1. The standard InChI is InChI=1S/C20H13NS2/c1-12-9-10-16(21-11-12)13-6-4-7-15-18(13)23-19-14-5-2-3-8-17(14)22-20(15)19/h2-11H,1H3/i1D3. The summed E-state index contributed by atoms with van der Waals surface area (Å²) in [6, 6.07) is 18.2. The van der Waals surface area contributed by atoms with Crippen LogP contribution in [0, 0.1) is 6.85 Å². The average Bonchev–Trinajstić information content (AvgIpc) is 3.17. The van der Waals surface area contributed by atoms with Crippen molar-refractivity contribution in [3.63, 3.8) is 0 Å². The molecule has 0 aliphatic rings. The summed E-state index contributed by atoms with van der Waals surface area (Å²) in [5.74, 6) is 0. The maximum Gasteiger partial charge on any atom is 0.0716 e. The number of rotatable bonds is 1. The largest absolute Gasteiger partial charge is 0.256 e. The van der Waals surface area contributed by atoms with Crippen LogP contribution in [0.15, 0.2) is 60.8 Å². The molecule has 0 saturated heterocycles. The Bertz CT molecular complexity index is 1260. The van der Waals surface area contributed by atoms with Gasteiger partial charge in [0.2, 0.25) is 0 Å². The third kappa shape index (κ3) is 1.94. The first kappa shape index (κ1) is 10.5. The molecule has 0 fully saturated rings. The lowest BCUT2D eigenvalue weighted by Gasteiger charge is -2.03. The predicted octanol–water partition coefficient (Wildman–Crippen LogP) is 6.64. The second kappa shape index (κ2) is 4.88. The molecule has 23 heavy (non-hydrogen) atoms. The van der Waals surface area contributed by atoms with E-state index in [0.717, 1.165) is 11.3 Å². The number of hydrogen-bond acceptors (Lipinski definition) is 3. The fourth-order valence-electron chi connectivity index (χ4n) is 2.98. The number of aryl methyl sites for hydroxylation is 1. The summed E-state index contributed by atoms with van der Waals surface area (Å²) in [5, 5.41) is 2.54. The zero-order chi connectivity index (χ0) is 17.9. The van der Waals surface area contributed by atoms with Crippen LogP contribution in [0.1, 0.15) is 9.68 Å². The van der Waals surface area contributed by atoms with E-state index in [9.17, 15) is 0 Å². The SMILES string of the molecule is [2H]C([2H])([2H])c1ccc(-c2cccc3c2sc2c4ccccc4sc32)nc1. The second-order valence-electron chi connectivity index (χ2n) is 5.47. The van der Waals surface area contributed by atoms with Crippen LogP contribution in [0.25, 0.3) is 40.8 Å². The fourth-order valence-corrected chi connectivity index (χ4v) is 5.75. The van der Waals surface area contributed by atoms with Gasteiger partial charge in [-0.05, 0) is 24.5 Å². The number of fused-ring (bicyclic) bond motifs is 5. The third-order valence-electron chi connectivity index (χ3n) is 4.05. The summed E-state index contributed by atoms with van der Waals surface area (Å²) in [7, 11) is 0. The Morgan fingerprint density at radius 2 is 1.70 bits per heavy atom. The smallest absolute Gasteiger partial charge is 0.0716 e. The summed E-state index contributed by atoms with van der Waals surface area (Å²) in [6.45, 7) is -2.12. The van der Waals surface area contributed by atoms with Gasteiger partial charge in [0.25, 0.3) is 0 Å². The van der Waals surface area contributed by atoms with Gasteiger partial charge >= 0.3 is 0 Å². The number of pyridine rings is 1. The molecule has 0 spiro atoms. The third-order valence-corrected chi connectivity index (χ3v) is 6.66. The highest BCUT2D eigenvalue weighted by molar-refractivity contribution is 7.36. The van der Waals surface area contributed by atoms with Crippen LogP contribution >= 0.6 is 22.7 Å². The highest BCUT2D eigenvalue weighted by atomic mass is 32.1. The second-order valence-corrected chi connectivity index (χ2v) is 7.55. The quantitative estimate of drug-likeness (QED) is 0.335. The summed E-state index contributed by atoms with van der Waals surface area (Å²) in [6.07, 6.45) is 1.46. The molecule has 5 rings (SSSR count). The highest BCUT2D eigenvalue weighted by Crippen LogP contribution is 2.46. The molecule has 3 heterocycles. The number of aromatic nitrogens is 1. The molecule has 5 aromatic rings. The van der Waals surface area contributed by atoms with E-state index in [2.05, 4.69) is 41.4 Å². The van der Waals surface area contributed by atoms with E-state index in [1.165, 1.54) is 35.8 Å². The van der Waals surface area contributed by atoms with E-state index in [0.29, 0.717) is 0 Å². The van der Waals surface area contributed by atoms with Crippen molar-refractivity contribution < 1.29 is 4.11 Å². The van der Waals surface area contributed by atoms with Gasteiger partial charge in [0.05, 0.1) is 15.1 Å². The van der Waals surface area contributed by atoms with Gasteiger partial charge in [0.1, 0.15) is 0 Å². The normalized spacial score (nSPS) is 14.2. The lowest BCUT2D eigenvalue weighted by Crippen LogP contribution is -1.83. The van der Waals surface area contributed by atoms with E-state index in [1.807, 2.05) is 23.5 Å². The maximum atomic E-state index is 7.50. The van der Waals surface area contributed by atoms with Gasteiger partial charge in [-0.25, -0.2) is 0 Å². The van der Waals surface area contributed by atoms with Crippen molar-refractivity contribution in [2.45, 2.75) is 6.85 Å². The molecular formula is C20H13NS2. The molecular weight excluding hydrogens is 318 g/mol. The van der Waals surface area contributed by atoms with Crippen LogP contribution in [0.2, 0.25) is 0 Å². The van der Waals surface area contributed by atoms with Crippen LogP contribution in [0.3, 0.4) is 0 Å². The van der Waals surface area contributed by atoms with Crippen LogP contribution in [-0.4, -0.2) is 4.98 Å². The van der Waals surface area contributed by atoms with Crippen molar-refractivity contribution in [2.75, 3.05) is 0 Å². The van der Waals surface area contributed by atoms with Crippen molar-refractivity contribution in [3.8, 4) is 11.3 Å². The minimum absolute atomic E-state index is 0.270. The van der Waals surface area contributed by atoms with Gasteiger partial charge in [0.15, 0.2) is 0 Å². The van der Waals surface area contributed by atoms with E-state index in [1.54, 1.807) is 17.4 Å². The first-order valence-corrected chi connectivity index (χ1v) is 8.95. The molecule has 0 amide bonds. The molecule has 3 aromatic heterocycles. The number of nitrogens with zero attached hydrogens (tertiary/aromatic N) is 1. The Morgan fingerprint density at radius 1 is 0.826 bits per heavy atom. The van der Waals surface area contributed by atoms with E-state index in [-0.39, 0.29) is 5.56 Å². The highest BCUT2D eigenvalue weighted by Gasteiger charge is 2.14. The van der Waals surface area contributed by atoms with Crippen LogP contribution in [0.4, 0.5) is 0 Å². The Hall–Kier alpha value is -2.23. The van der Waals surface area contributed by atoms with Gasteiger partial charge < -0.3 is 0 Å². The van der Waals surface area contributed by atoms with E-state index < -0.39 is 6.85 Å². The number of thiophene rings is 2. The Balaban J connectivity index is 1.74. The van der Waals surface area contributed by atoms with Crippen molar-refractivity contribution in [2.24, 2.45) is 0 Å².